The predicted octanol–water partition coefficient (Wildman–Crippen LogP) is 3.26. The SMILES string of the molecule is C=C(C)c1ccc2oc3nc(N)c(C)cc3c(=O)c2c1. The van der Waals surface area contributed by atoms with Crippen LogP contribution < -0.4 is 11.2 Å². The van der Waals surface area contributed by atoms with Gasteiger partial charge in [0.05, 0.1) is 10.8 Å². The number of nitrogen functional groups attached to an aromatic ring is 1. The third-order valence-electron chi connectivity index (χ3n) is 3.39. The lowest BCUT2D eigenvalue weighted by Gasteiger charge is -2.05. The van der Waals surface area contributed by atoms with Crippen molar-refractivity contribution in [2.75, 3.05) is 5.73 Å². The first-order chi connectivity index (χ1) is 9.47. The second kappa shape index (κ2) is 4.20. The van der Waals surface area contributed by atoms with Crippen LogP contribution >= 0.6 is 0 Å². The Kier molecular flexibility index (Phi) is 2.61. The maximum Gasteiger partial charge on any atom is 0.232 e. The zero-order valence-electron chi connectivity index (χ0n) is 11.4. The van der Waals surface area contributed by atoms with Crippen molar-refractivity contribution < 1.29 is 4.42 Å². The fourth-order valence-corrected chi connectivity index (χ4v) is 2.16. The van der Waals surface area contributed by atoms with Crippen molar-refractivity contribution in [3.8, 4) is 0 Å². The van der Waals surface area contributed by atoms with Crippen molar-refractivity contribution in [1.29, 1.82) is 0 Å². The largest absolute Gasteiger partial charge is 0.437 e. The molecule has 0 amide bonds. The fourth-order valence-electron chi connectivity index (χ4n) is 2.16. The van der Waals surface area contributed by atoms with E-state index in [9.17, 15) is 4.79 Å². The third-order valence-corrected chi connectivity index (χ3v) is 3.39. The molecule has 0 unspecified atom stereocenters. The first kappa shape index (κ1) is 12.4. The monoisotopic (exact) mass is 266 g/mol. The van der Waals surface area contributed by atoms with Crippen LogP contribution in [0.25, 0.3) is 27.6 Å². The summed E-state index contributed by atoms with van der Waals surface area (Å²) in [6.07, 6.45) is 0. The molecule has 0 saturated carbocycles. The molecule has 0 radical (unpaired) electrons. The summed E-state index contributed by atoms with van der Waals surface area (Å²) in [6, 6.07) is 7.15. The van der Waals surface area contributed by atoms with E-state index >= 15 is 0 Å². The van der Waals surface area contributed by atoms with Gasteiger partial charge in [-0.15, -0.1) is 0 Å². The van der Waals surface area contributed by atoms with Crippen molar-refractivity contribution in [3.05, 3.63) is 52.2 Å². The Bertz CT molecular complexity index is 923. The number of nitrogens with zero attached hydrogens (tertiary/aromatic N) is 1. The van der Waals surface area contributed by atoms with Gasteiger partial charge in [0, 0.05) is 0 Å². The molecule has 0 bridgehead atoms. The third kappa shape index (κ3) is 1.77. The molecule has 0 fully saturated rings. The van der Waals surface area contributed by atoms with E-state index in [0.29, 0.717) is 22.2 Å². The molecule has 0 aliphatic heterocycles. The Morgan fingerprint density at radius 2 is 2.05 bits per heavy atom. The predicted molar refractivity (Wildman–Crippen MR) is 81.6 cm³/mol. The minimum atomic E-state index is -0.0973. The lowest BCUT2D eigenvalue weighted by atomic mass is 10.1. The van der Waals surface area contributed by atoms with Crippen LogP contribution in [0, 0.1) is 6.92 Å². The lowest BCUT2D eigenvalue weighted by molar-refractivity contribution is 0.645. The summed E-state index contributed by atoms with van der Waals surface area (Å²) in [7, 11) is 0. The van der Waals surface area contributed by atoms with Crippen LogP contribution in [0.4, 0.5) is 5.82 Å². The molecule has 0 aliphatic carbocycles. The number of nitrogens with two attached hydrogens (primary N) is 1. The van der Waals surface area contributed by atoms with Gasteiger partial charge in [-0.1, -0.05) is 18.2 Å². The summed E-state index contributed by atoms with van der Waals surface area (Å²) in [5, 5.41) is 0.979. The van der Waals surface area contributed by atoms with Crippen molar-refractivity contribution in [1.82, 2.24) is 4.98 Å². The Labute approximate surface area is 115 Å². The molecule has 4 nitrogen and oxygen atoms in total. The van der Waals surface area contributed by atoms with Gasteiger partial charge in [0.15, 0.2) is 0 Å². The van der Waals surface area contributed by atoms with Crippen molar-refractivity contribution in [3.63, 3.8) is 0 Å². The normalized spacial score (nSPS) is 11.1. The maximum atomic E-state index is 12.6. The number of anilines is 1. The van der Waals surface area contributed by atoms with E-state index in [1.807, 2.05) is 19.9 Å². The fraction of sp³-hybridized carbons (Fsp3) is 0.125. The van der Waals surface area contributed by atoms with Crippen molar-refractivity contribution >= 4 is 33.5 Å². The summed E-state index contributed by atoms with van der Waals surface area (Å²) in [4.78, 5) is 16.7. The average Bonchev–Trinajstić information content (AvgIpc) is 2.41. The van der Waals surface area contributed by atoms with Crippen LogP contribution in [0.15, 0.2) is 40.1 Å². The molecule has 2 N–H and O–H groups in total. The summed E-state index contributed by atoms with van der Waals surface area (Å²) < 4.78 is 5.68. The lowest BCUT2D eigenvalue weighted by Crippen LogP contribution is -2.05. The molecule has 20 heavy (non-hydrogen) atoms. The van der Waals surface area contributed by atoms with E-state index < -0.39 is 0 Å². The Morgan fingerprint density at radius 1 is 1.30 bits per heavy atom. The van der Waals surface area contributed by atoms with Gasteiger partial charge in [-0.25, -0.2) is 0 Å². The second-order valence-corrected chi connectivity index (χ2v) is 4.97. The van der Waals surface area contributed by atoms with Crippen LogP contribution in [-0.4, -0.2) is 4.98 Å². The molecule has 3 rings (SSSR count). The number of hydrogen-bond donors (Lipinski definition) is 1. The van der Waals surface area contributed by atoms with Crippen LogP contribution in [0.1, 0.15) is 18.1 Å². The molecule has 100 valence electrons. The van der Waals surface area contributed by atoms with Crippen LogP contribution in [0.2, 0.25) is 0 Å². The van der Waals surface area contributed by atoms with Gasteiger partial charge in [-0.05, 0) is 43.2 Å². The topological polar surface area (TPSA) is 69.1 Å². The van der Waals surface area contributed by atoms with E-state index in [-0.39, 0.29) is 11.1 Å². The molecule has 3 aromatic rings. The molecular formula is C16H14N2O2. The molecule has 0 spiro atoms. The average molecular weight is 266 g/mol. The highest BCUT2D eigenvalue weighted by Crippen LogP contribution is 2.23. The Morgan fingerprint density at radius 3 is 2.75 bits per heavy atom. The van der Waals surface area contributed by atoms with Gasteiger partial charge in [0.1, 0.15) is 11.4 Å². The molecule has 1 aromatic carbocycles. The minimum Gasteiger partial charge on any atom is -0.437 e. The number of rotatable bonds is 1. The Balaban J connectivity index is 2.48. The van der Waals surface area contributed by atoms with Crippen LogP contribution in [0.5, 0.6) is 0 Å². The quantitative estimate of drug-likeness (QED) is 0.686. The molecule has 2 aromatic heterocycles. The first-order valence-electron chi connectivity index (χ1n) is 6.27. The number of hydrogen-bond acceptors (Lipinski definition) is 4. The first-order valence-corrected chi connectivity index (χ1v) is 6.27. The van der Waals surface area contributed by atoms with Gasteiger partial charge < -0.3 is 10.2 Å². The zero-order chi connectivity index (χ0) is 14.4. The Hall–Kier alpha value is -2.62. The smallest absolute Gasteiger partial charge is 0.232 e. The number of aryl methyl sites for hydroxylation is 1. The van der Waals surface area contributed by atoms with E-state index in [0.717, 1.165) is 16.7 Å². The molecule has 0 atom stereocenters. The number of pyridine rings is 1. The van der Waals surface area contributed by atoms with Gasteiger partial charge in [-0.2, -0.15) is 4.98 Å². The summed E-state index contributed by atoms with van der Waals surface area (Å²) in [5.74, 6) is 0.374. The summed E-state index contributed by atoms with van der Waals surface area (Å²) >= 11 is 0. The molecule has 4 heteroatoms. The van der Waals surface area contributed by atoms with E-state index in [1.54, 1.807) is 18.2 Å². The van der Waals surface area contributed by atoms with Gasteiger partial charge in [0.25, 0.3) is 0 Å². The van der Waals surface area contributed by atoms with Gasteiger partial charge in [0.2, 0.25) is 11.1 Å². The summed E-state index contributed by atoms with van der Waals surface area (Å²) in [5.41, 5.74) is 9.02. The van der Waals surface area contributed by atoms with Crippen molar-refractivity contribution in [2.24, 2.45) is 0 Å². The number of allylic oxidation sites excluding steroid dienone is 1. The van der Waals surface area contributed by atoms with Gasteiger partial charge >= 0.3 is 0 Å². The van der Waals surface area contributed by atoms with Crippen molar-refractivity contribution in [2.45, 2.75) is 13.8 Å². The number of aromatic nitrogens is 1. The highest BCUT2D eigenvalue weighted by atomic mass is 16.3. The van der Waals surface area contributed by atoms with E-state index in [1.165, 1.54) is 0 Å². The molecule has 0 saturated heterocycles. The van der Waals surface area contributed by atoms with Crippen LogP contribution in [0.3, 0.4) is 0 Å². The standard InChI is InChI=1S/C16H14N2O2/c1-8(2)10-4-5-13-11(7-10)14(19)12-6-9(3)15(17)18-16(12)20-13/h4-7H,1H2,2-3H3,(H2,17,18). The molecule has 2 heterocycles. The van der Waals surface area contributed by atoms with E-state index in [2.05, 4.69) is 11.6 Å². The molecular weight excluding hydrogens is 252 g/mol. The zero-order valence-corrected chi connectivity index (χ0v) is 11.4. The second-order valence-electron chi connectivity index (χ2n) is 4.97. The maximum absolute atomic E-state index is 12.6. The highest BCUT2D eigenvalue weighted by Gasteiger charge is 2.11. The number of fused-ring (bicyclic) bond motifs is 2. The minimum absolute atomic E-state index is 0.0973. The van der Waals surface area contributed by atoms with Gasteiger partial charge in [-0.3, -0.25) is 4.79 Å². The highest BCUT2D eigenvalue weighted by molar-refractivity contribution is 5.90. The molecule has 0 aliphatic rings. The summed E-state index contributed by atoms with van der Waals surface area (Å²) in [6.45, 7) is 7.60. The van der Waals surface area contributed by atoms with Crippen LogP contribution in [-0.2, 0) is 0 Å². The van der Waals surface area contributed by atoms with E-state index in [4.69, 9.17) is 10.2 Å². The number of benzene rings is 1.